The SMILES string of the molecule is Cc1ccc(NC(=O)CSc2nnnn2-c2ccccc2)cc1. The van der Waals surface area contributed by atoms with Crippen molar-refractivity contribution in [1.29, 1.82) is 0 Å². The van der Waals surface area contributed by atoms with E-state index in [4.69, 9.17) is 0 Å². The van der Waals surface area contributed by atoms with Crippen LogP contribution < -0.4 is 5.32 Å². The van der Waals surface area contributed by atoms with Crippen molar-refractivity contribution in [1.82, 2.24) is 20.2 Å². The first-order valence-electron chi connectivity index (χ1n) is 7.05. The molecule has 0 unspecified atom stereocenters. The van der Waals surface area contributed by atoms with E-state index in [1.807, 2.05) is 61.5 Å². The van der Waals surface area contributed by atoms with Crippen molar-refractivity contribution in [3.63, 3.8) is 0 Å². The topological polar surface area (TPSA) is 72.7 Å². The molecule has 0 atom stereocenters. The minimum atomic E-state index is -0.0959. The molecular formula is C16H15N5OS. The number of para-hydroxylation sites is 1. The van der Waals surface area contributed by atoms with Gasteiger partial charge in [-0.25, -0.2) is 0 Å². The smallest absolute Gasteiger partial charge is 0.234 e. The van der Waals surface area contributed by atoms with Gasteiger partial charge in [-0.05, 0) is 41.6 Å². The summed E-state index contributed by atoms with van der Waals surface area (Å²) in [5, 5.41) is 15.0. The maximum absolute atomic E-state index is 12.0. The molecule has 0 fully saturated rings. The number of benzene rings is 2. The summed E-state index contributed by atoms with van der Waals surface area (Å²) in [4.78, 5) is 12.0. The van der Waals surface area contributed by atoms with E-state index in [1.165, 1.54) is 11.8 Å². The Balaban J connectivity index is 1.62. The first-order chi connectivity index (χ1) is 11.2. The van der Waals surface area contributed by atoms with Gasteiger partial charge in [0.05, 0.1) is 11.4 Å². The van der Waals surface area contributed by atoms with Crippen LogP contribution in [0.2, 0.25) is 0 Å². The van der Waals surface area contributed by atoms with E-state index in [0.717, 1.165) is 16.9 Å². The normalized spacial score (nSPS) is 10.5. The lowest BCUT2D eigenvalue weighted by Gasteiger charge is -2.06. The number of tetrazole rings is 1. The number of carbonyl (C=O) groups excluding carboxylic acids is 1. The van der Waals surface area contributed by atoms with Gasteiger partial charge in [0.2, 0.25) is 11.1 Å². The van der Waals surface area contributed by atoms with Crippen LogP contribution in [0.4, 0.5) is 5.69 Å². The van der Waals surface area contributed by atoms with Gasteiger partial charge in [0.15, 0.2) is 0 Å². The minimum absolute atomic E-state index is 0.0959. The molecule has 2 aromatic carbocycles. The van der Waals surface area contributed by atoms with Crippen molar-refractivity contribution < 1.29 is 4.79 Å². The van der Waals surface area contributed by atoms with E-state index < -0.39 is 0 Å². The molecule has 1 amide bonds. The molecule has 0 aliphatic carbocycles. The number of aromatic nitrogens is 4. The summed E-state index contributed by atoms with van der Waals surface area (Å²) in [6.45, 7) is 2.00. The Bertz CT molecular complexity index is 786. The third kappa shape index (κ3) is 3.95. The number of hydrogen-bond donors (Lipinski definition) is 1. The van der Waals surface area contributed by atoms with Gasteiger partial charge in [0.1, 0.15) is 0 Å². The van der Waals surface area contributed by atoms with E-state index in [9.17, 15) is 4.79 Å². The average Bonchev–Trinajstić information content (AvgIpc) is 3.04. The highest BCUT2D eigenvalue weighted by Crippen LogP contribution is 2.18. The molecule has 0 spiro atoms. The first-order valence-corrected chi connectivity index (χ1v) is 8.04. The van der Waals surface area contributed by atoms with Crippen LogP contribution in [-0.2, 0) is 4.79 Å². The number of carbonyl (C=O) groups is 1. The van der Waals surface area contributed by atoms with Crippen molar-refractivity contribution in [2.45, 2.75) is 12.1 Å². The van der Waals surface area contributed by atoms with Gasteiger partial charge in [0, 0.05) is 5.69 Å². The third-order valence-electron chi connectivity index (χ3n) is 3.11. The van der Waals surface area contributed by atoms with Crippen LogP contribution in [0.3, 0.4) is 0 Å². The molecule has 1 heterocycles. The van der Waals surface area contributed by atoms with Gasteiger partial charge in [-0.1, -0.05) is 47.7 Å². The fourth-order valence-electron chi connectivity index (χ4n) is 1.96. The van der Waals surface area contributed by atoms with Crippen molar-refractivity contribution in [2.75, 3.05) is 11.1 Å². The van der Waals surface area contributed by atoms with Gasteiger partial charge in [-0.15, -0.1) is 5.10 Å². The standard InChI is InChI=1S/C16H15N5OS/c1-12-7-9-13(10-8-12)17-15(22)11-23-16-18-19-20-21(16)14-5-3-2-4-6-14/h2-10H,11H2,1H3,(H,17,22). The molecule has 23 heavy (non-hydrogen) atoms. The van der Waals surface area contributed by atoms with E-state index in [0.29, 0.717) is 5.16 Å². The summed E-state index contributed by atoms with van der Waals surface area (Å²) in [5.74, 6) is 0.141. The lowest BCUT2D eigenvalue weighted by atomic mass is 10.2. The number of aryl methyl sites for hydroxylation is 1. The van der Waals surface area contributed by atoms with Crippen LogP contribution in [-0.4, -0.2) is 31.9 Å². The monoisotopic (exact) mass is 325 g/mol. The Morgan fingerprint density at radius 1 is 1.13 bits per heavy atom. The van der Waals surface area contributed by atoms with Gasteiger partial charge >= 0.3 is 0 Å². The molecule has 0 aliphatic rings. The molecule has 116 valence electrons. The zero-order valence-corrected chi connectivity index (χ0v) is 13.3. The predicted molar refractivity (Wildman–Crippen MR) is 89.7 cm³/mol. The Labute approximate surface area is 137 Å². The summed E-state index contributed by atoms with van der Waals surface area (Å²) in [7, 11) is 0. The Hall–Kier alpha value is -2.67. The number of hydrogen-bond acceptors (Lipinski definition) is 5. The van der Waals surface area contributed by atoms with Crippen LogP contribution in [0.25, 0.3) is 5.69 Å². The highest BCUT2D eigenvalue weighted by atomic mass is 32.2. The number of thioether (sulfide) groups is 1. The average molecular weight is 325 g/mol. The predicted octanol–water partition coefficient (Wildman–Crippen LogP) is 2.70. The molecule has 0 saturated heterocycles. The Morgan fingerprint density at radius 2 is 1.87 bits per heavy atom. The minimum Gasteiger partial charge on any atom is -0.325 e. The van der Waals surface area contributed by atoms with Crippen molar-refractivity contribution in [3.05, 3.63) is 60.2 Å². The number of nitrogens with one attached hydrogen (secondary N) is 1. The molecule has 3 aromatic rings. The number of nitrogens with zero attached hydrogens (tertiary/aromatic N) is 4. The molecule has 6 nitrogen and oxygen atoms in total. The van der Waals surface area contributed by atoms with Crippen LogP contribution >= 0.6 is 11.8 Å². The molecular weight excluding hydrogens is 310 g/mol. The van der Waals surface area contributed by atoms with E-state index in [1.54, 1.807) is 4.68 Å². The molecule has 1 N–H and O–H groups in total. The van der Waals surface area contributed by atoms with Crippen molar-refractivity contribution >= 4 is 23.4 Å². The quantitative estimate of drug-likeness (QED) is 0.730. The van der Waals surface area contributed by atoms with Crippen LogP contribution in [0.5, 0.6) is 0 Å². The van der Waals surface area contributed by atoms with Crippen LogP contribution in [0, 0.1) is 6.92 Å². The summed E-state index contributed by atoms with van der Waals surface area (Å²) in [5.41, 5.74) is 2.79. The summed E-state index contributed by atoms with van der Waals surface area (Å²) in [6, 6.07) is 17.2. The van der Waals surface area contributed by atoms with Crippen LogP contribution in [0.1, 0.15) is 5.56 Å². The van der Waals surface area contributed by atoms with Gasteiger partial charge in [0.25, 0.3) is 0 Å². The van der Waals surface area contributed by atoms with E-state index in [2.05, 4.69) is 20.8 Å². The third-order valence-corrected chi connectivity index (χ3v) is 4.03. The second-order valence-corrected chi connectivity index (χ2v) is 5.85. The Morgan fingerprint density at radius 3 is 2.61 bits per heavy atom. The molecule has 0 saturated carbocycles. The molecule has 1 aromatic heterocycles. The Kier molecular flexibility index (Phi) is 4.68. The van der Waals surface area contributed by atoms with Gasteiger partial charge in [-0.3, -0.25) is 4.79 Å². The van der Waals surface area contributed by atoms with Gasteiger partial charge in [-0.2, -0.15) is 4.68 Å². The second-order valence-electron chi connectivity index (χ2n) is 4.91. The molecule has 0 aliphatic heterocycles. The lowest BCUT2D eigenvalue weighted by molar-refractivity contribution is -0.113. The lowest BCUT2D eigenvalue weighted by Crippen LogP contribution is -2.14. The zero-order chi connectivity index (χ0) is 16.1. The summed E-state index contributed by atoms with van der Waals surface area (Å²) < 4.78 is 1.61. The highest BCUT2D eigenvalue weighted by molar-refractivity contribution is 7.99. The zero-order valence-electron chi connectivity index (χ0n) is 12.5. The maximum Gasteiger partial charge on any atom is 0.234 e. The fourth-order valence-corrected chi connectivity index (χ4v) is 2.66. The molecule has 3 rings (SSSR count). The van der Waals surface area contributed by atoms with Crippen molar-refractivity contribution in [2.24, 2.45) is 0 Å². The largest absolute Gasteiger partial charge is 0.325 e. The van der Waals surface area contributed by atoms with Crippen LogP contribution in [0.15, 0.2) is 59.8 Å². The molecule has 7 heteroatoms. The van der Waals surface area contributed by atoms with E-state index in [-0.39, 0.29) is 11.7 Å². The molecule has 0 bridgehead atoms. The fraction of sp³-hybridized carbons (Fsp3) is 0.125. The second kappa shape index (κ2) is 7.06. The number of rotatable bonds is 5. The van der Waals surface area contributed by atoms with Gasteiger partial charge < -0.3 is 5.32 Å². The maximum atomic E-state index is 12.0. The number of amides is 1. The molecule has 0 radical (unpaired) electrons. The first kappa shape index (κ1) is 15.2. The highest BCUT2D eigenvalue weighted by Gasteiger charge is 2.11. The number of anilines is 1. The summed E-state index contributed by atoms with van der Waals surface area (Å²) >= 11 is 1.29. The van der Waals surface area contributed by atoms with E-state index >= 15 is 0 Å². The summed E-state index contributed by atoms with van der Waals surface area (Å²) in [6.07, 6.45) is 0. The van der Waals surface area contributed by atoms with Crippen molar-refractivity contribution in [3.8, 4) is 5.69 Å².